The van der Waals surface area contributed by atoms with Crippen LogP contribution in [0.3, 0.4) is 0 Å². The predicted molar refractivity (Wildman–Crippen MR) is 61.0 cm³/mol. The Hall–Kier alpha value is -1.17. The van der Waals surface area contributed by atoms with E-state index in [2.05, 4.69) is 0 Å². The van der Waals surface area contributed by atoms with Gasteiger partial charge in [-0.25, -0.2) is 8.42 Å². The first-order valence-electron chi connectivity index (χ1n) is 5.41. The summed E-state index contributed by atoms with van der Waals surface area (Å²) >= 11 is 0. The van der Waals surface area contributed by atoms with Gasteiger partial charge in [0.25, 0.3) is 0 Å². The van der Waals surface area contributed by atoms with Crippen molar-refractivity contribution in [2.24, 2.45) is 0 Å². The molecular formula is C12H12O4S. The normalized spacial score (nSPS) is 35.4. The number of aliphatic hydroxyl groups is 1. The van der Waals surface area contributed by atoms with Gasteiger partial charge >= 0.3 is 0 Å². The van der Waals surface area contributed by atoms with Crippen molar-refractivity contribution in [3.63, 3.8) is 0 Å². The number of hydrogen-bond donors (Lipinski definition) is 1. The van der Waals surface area contributed by atoms with Crippen LogP contribution in [0.15, 0.2) is 47.4 Å². The fourth-order valence-corrected chi connectivity index (χ4v) is 4.08. The minimum Gasteiger partial charge on any atom is -0.390 e. The molecule has 1 N–H and O–H groups in total. The van der Waals surface area contributed by atoms with Gasteiger partial charge in [-0.1, -0.05) is 24.3 Å². The molecule has 1 aromatic carbocycles. The molecule has 3 atom stereocenters. The van der Waals surface area contributed by atoms with Crippen LogP contribution < -0.4 is 0 Å². The van der Waals surface area contributed by atoms with Crippen molar-refractivity contribution in [2.75, 3.05) is 0 Å². The van der Waals surface area contributed by atoms with Gasteiger partial charge in [0, 0.05) is 0 Å². The molecule has 0 bridgehead atoms. The molecule has 0 aromatic heterocycles. The zero-order valence-electron chi connectivity index (χ0n) is 8.98. The molecule has 2 aliphatic rings. The number of fused-ring (bicyclic) bond motifs is 1. The Morgan fingerprint density at radius 3 is 2.71 bits per heavy atom. The summed E-state index contributed by atoms with van der Waals surface area (Å²) in [6.07, 6.45) is 2.29. The van der Waals surface area contributed by atoms with Gasteiger partial charge in [0.2, 0.25) is 14.8 Å². The lowest BCUT2D eigenvalue weighted by Gasteiger charge is -2.15. The Bertz CT molecular complexity index is 563. The molecule has 0 saturated carbocycles. The van der Waals surface area contributed by atoms with E-state index in [-0.39, 0.29) is 4.90 Å². The van der Waals surface area contributed by atoms with E-state index in [1.165, 1.54) is 12.1 Å². The number of sulfone groups is 1. The van der Waals surface area contributed by atoms with Crippen LogP contribution in [0.1, 0.15) is 6.42 Å². The summed E-state index contributed by atoms with van der Waals surface area (Å²) in [5, 5.41) is 9.65. The number of hydrogen-bond acceptors (Lipinski definition) is 4. The van der Waals surface area contributed by atoms with Crippen LogP contribution in [-0.4, -0.2) is 30.7 Å². The Labute approximate surface area is 99.5 Å². The molecule has 0 spiro atoms. The molecule has 1 aliphatic carbocycles. The highest BCUT2D eigenvalue weighted by Crippen LogP contribution is 2.50. The maximum atomic E-state index is 12.4. The molecule has 0 unspecified atom stereocenters. The summed E-state index contributed by atoms with van der Waals surface area (Å²) < 4.78 is 30.1. The molecule has 5 heteroatoms. The van der Waals surface area contributed by atoms with Crippen molar-refractivity contribution in [3.8, 4) is 0 Å². The third-order valence-corrected chi connectivity index (χ3v) is 5.40. The van der Waals surface area contributed by atoms with Crippen LogP contribution >= 0.6 is 0 Å². The molecule has 90 valence electrons. The second-order valence-electron chi connectivity index (χ2n) is 4.28. The first kappa shape index (κ1) is 11.0. The SMILES string of the molecule is O=S(=O)(c1ccccc1)[C@@]12C=CC[C@H](O)[C@@H]1O2. The molecule has 1 saturated heterocycles. The standard InChI is InChI=1S/C12H12O4S/c13-10-7-4-8-12(11(10)16-12)17(14,15)9-5-2-1-3-6-9/h1-6,8,10-11,13H,7H2/t10-,11-,12-/m0/s1. The Morgan fingerprint density at radius 2 is 2.00 bits per heavy atom. The molecular weight excluding hydrogens is 240 g/mol. The molecule has 1 aromatic rings. The van der Waals surface area contributed by atoms with Gasteiger partial charge in [0.15, 0.2) is 0 Å². The minimum atomic E-state index is -3.59. The van der Waals surface area contributed by atoms with Gasteiger partial charge in [0.05, 0.1) is 11.0 Å². The third kappa shape index (κ3) is 1.40. The van der Waals surface area contributed by atoms with E-state index in [4.69, 9.17) is 4.74 Å². The van der Waals surface area contributed by atoms with E-state index in [0.717, 1.165) is 0 Å². The Morgan fingerprint density at radius 1 is 1.29 bits per heavy atom. The van der Waals surface area contributed by atoms with Crippen molar-refractivity contribution in [2.45, 2.75) is 28.5 Å². The number of benzene rings is 1. The van der Waals surface area contributed by atoms with Gasteiger partial charge in [-0.2, -0.15) is 0 Å². The number of rotatable bonds is 2. The molecule has 1 fully saturated rings. The summed E-state index contributed by atoms with van der Waals surface area (Å²) in [6.45, 7) is 0. The summed E-state index contributed by atoms with van der Waals surface area (Å²) in [5.41, 5.74) is 0. The second kappa shape index (κ2) is 3.41. The third-order valence-electron chi connectivity index (χ3n) is 3.20. The van der Waals surface area contributed by atoms with Crippen molar-refractivity contribution < 1.29 is 18.3 Å². The molecule has 1 heterocycles. The molecule has 3 rings (SSSR count). The molecule has 17 heavy (non-hydrogen) atoms. The fourth-order valence-electron chi connectivity index (χ4n) is 2.23. The van der Waals surface area contributed by atoms with Crippen LogP contribution in [0.25, 0.3) is 0 Å². The largest absolute Gasteiger partial charge is 0.390 e. The predicted octanol–water partition coefficient (Wildman–Crippen LogP) is 0.876. The zero-order chi connectivity index (χ0) is 12.1. The topological polar surface area (TPSA) is 66.9 Å². The van der Waals surface area contributed by atoms with Crippen LogP contribution in [0.2, 0.25) is 0 Å². The average Bonchev–Trinajstić information content (AvgIpc) is 3.08. The van der Waals surface area contributed by atoms with Crippen LogP contribution in [0, 0.1) is 0 Å². The lowest BCUT2D eigenvalue weighted by molar-refractivity contribution is 0.138. The second-order valence-corrected chi connectivity index (χ2v) is 6.40. The highest BCUT2D eigenvalue weighted by atomic mass is 32.2. The number of ether oxygens (including phenoxy) is 1. The van der Waals surface area contributed by atoms with Crippen molar-refractivity contribution in [1.82, 2.24) is 0 Å². The smallest absolute Gasteiger partial charge is 0.221 e. The molecule has 1 aliphatic heterocycles. The van der Waals surface area contributed by atoms with Gasteiger partial charge in [-0.3, -0.25) is 0 Å². The van der Waals surface area contributed by atoms with Crippen molar-refractivity contribution in [3.05, 3.63) is 42.5 Å². The quantitative estimate of drug-likeness (QED) is 0.626. The summed E-state index contributed by atoms with van der Waals surface area (Å²) in [7, 11) is -3.59. The van der Waals surface area contributed by atoms with Crippen LogP contribution in [0.4, 0.5) is 0 Å². The van der Waals surface area contributed by atoms with E-state index in [0.29, 0.717) is 6.42 Å². The maximum Gasteiger partial charge on any atom is 0.221 e. The summed E-state index contributed by atoms with van der Waals surface area (Å²) in [5.74, 6) is 0. The van der Waals surface area contributed by atoms with E-state index in [9.17, 15) is 13.5 Å². The van der Waals surface area contributed by atoms with Gasteiger partial charge in [-0.15, -0.1) is 0 Å². The highest BCUT2D eigenvalue weighted by Gasteiger charge is 2.68. The molecule has 0 radical (unpaired) electrons. The number of epoxide rings is 1. The average molecular weight is 252 g/mol. The lowest BCUT2D eigenvalue weighted by atomic mass is 10.0. The Kier molecular flexibility index (Phi) is 2.20. The van der Waals surface area contributed by atoms with Crippen molar-refractivity contribution >= 4 is 9.84 Å². The molecule has 4 nitrogen and oxygen atoms in total. The highest BCUT2D eigenvalue weighted by molar-refractivity contribution is 7.93. The van der Waals surface area contributed by atoms with Gasteiger partial charge < -0.3 is 9.84 Å². The minimum absolute atomic E-state index is 0.223. The van der Waals surface area contributed by atoms with Gasteiger partial charge in [0.1, 0.15) is 6.10 Å². The summed E-state index contributed by atoms with van der Waals surface area (Å²) in [4.78, 5) is -1.12. The maximum absolute atomic E-state index is 12.4. The van der Waals surface area contributed by atoms with Crippen molar-refractivity contribution in [1.29, 1.82) is 0 Å². The fraction of sp³-hybridized carbons (Fsp3) is 0.333. The number of aliphatic hydroxyl groups excluding tert-OH is 1. The monoisotopic (exact) mass is 252 g/mol. The first-order chi connectivity index (χ1) is 8.08. The van der Waals surface area contributed by atoms with E-state index < -0.39 is 27.0 Å². The molecule has 0 amide bonds. The van der Waals surface area contributed by atoms with E-state index in [1.807, 2.05) is 0 Å². The first-order valence-corrected chi connectivity index (χ1v) is 6.89. The van der Waals surface area contributed by atoms with Gasteiger partial charge in [-0.05, 0) is 24.6 Å². The zero-order valence-corrected chi connectivity index (χ0v) is 9.80. The van der Waals surface area contributed by atoms with Crippen LogP contribution in [0.5, 0.6) is 0 Å². The van der Waals surface area contributed by atoms with Crippen LogP contribution in [-0.2, 0) is 14.6 Å². The summed E-state index contributed by atoms with van der Waals surface area (Å²) in [6, 6.07) is 8.18. The van der Waals surface area contributed by atoms with E-state index >= 15 is 0 Å². The Balaban J connectivity index is 2.07. The van der Waals surface area contributed by atoms with E-state index in [1.54, 1.807) is 30.4 Å². The lowest BCUT2D eigenvalue weighted by Crippen LogP contribution is -2.33.